The number of rotatable bonds is 37. The van der Waals surface area contributed by atoms with Crippen LogP contribution in [0.15, 0.2) is 91.0 Å². The van der Waals surface area contributed by atoms with E-state index in [1.165, 1.54) is 0 Å². The average Bonchev–Trinajstić information content (AvgIpc) is 3.22. The quantitative estimate of drug-likeness (QED) is 0.0599. The van der Waals surface area contributed by atoms with Crippen molar-refractivity contribution in [3.8, 4) is 0 Å². The number of hydrogen-bond donors (Lipinski definition) is 0. The van der Waals surface area contributed by atoms with Crippen LogP contribution in [0.25, 0.3) is 0 Å². The van der Waals surface area contributed by atoms with Crippen LogP contribution in [-0.2, 0) is 57.7 Å². The Morgan fingerprint density at radius 1 is 0.309 bits per heavy atom. The maximum absolute atomic E-state index is 6.73. The molecule has 3 aromatic carbocycles. The molecule has 0 atom stereocenters. The Morgan fingerprint density at radius 3 is 0.764 bits per heavy atom. The lowest BCUT2D eigenvalue weighted by Crippen LogP contribution is -2.34. The lowest BCUT2D eigenvalue weighted by molar-refractivity contribution is -0.0399. The zero-order valence-electron chi connectivity index (χ0n) is 33.2. The summed E-state index contributed by atoms with van der Waals surface area (Å²) in [6, 6.07) is 31.0. The Labute approximate surface area is 329 Å². The van der Waals surface area contributed by atoms with E-state index < -0.39 is 5.60 Å². The average molecular weight is 772 g/mol. The molecule has 0 fully saturated rings. The van der Waals surface area contributed by atoms with E-state index in [-0.39, 0.29) is 0 Å². The van der Waals surface area contributed by atoms with Crippen LogP contribution in [0.4, 0.5) is 0 Å². The highest BCUT2D eigenvalue weighted by atomic mass is 16.6. The number of nitrogens with zero attached hydrogens (tertiary/aromatic N) is 1. The van der Waals surface area contributed by atoms with Crippen molar-refractivity contribution in [2.75, 3.05) is 159 Å². The summed E-state index contributed by atoms with van der Waals surface area (Å²) in [6.07, 6.45) is 0. The summed E-state index contributed by atoms with van der Waals surface area (Å²) in [6.45, 7) is 11.8. The van der Waals surface area contributed by atoms with Gasteiger partial charge in [-0.2, -0.15) is 0 Å². The minimum absolute atomic E-state index is 0.417. The Kier molecular flexibility index (Phi) is 27.3. The SMILES string of the molecule is CN(C)CCOCCOCCOCCOCCOCCOCCOCCOCCOCCOCCOC(c1ccccc1)(c1ccccc1)c1ccccc1. The summed E-state index contributed by atoms with van der Waals surface area (Å²) in [7, 11) is 4.04. The fraction of sp³-hybridized carbons (Fsp3) is 0.581. The summed E-state index contributed by atoms with van der Waals surface area (Å²) >= 11 is 0. The van der Waals surface area contributed by atoms with E-state index in [2.05, 4.69) is 41.3 Å². The molecule has 0 spiro atoms. The van der Waals surface area contributed by atoms with Crippen LogP contribution < -0.4 is 0 Å². The molecule has 0 aliphatic heterocycles. The van der Waals surface area contributed by atoms with Crippen molar-refractivity contribution in [3.63, 3.8) is 0 Å². The van der Waals surface area contributed by atoms with Crippen LogP contribution in [0, 0.1) is 0 Å². The van der Waals surface area contributed by atoms with Crippen molar-refractivity contribution in [1.82, 2.24) is 4.90 Å². The van der Waals surface area contributed by atoms with E-state index in [1.807, 2.05) is 68.7 Å². The minimum atomic E-state index is -0.750. The number of hydrogen-bond acceptors (Lipinski definition) is 12. The van der Waals surface area contributed by atoms with Gasteiger partial charge in [-0.1, -0.05) is 91.0 Å². The first-order chi connectivity index (χ1) is 27.2. The van der Waals surface area contributed by atoms with E-state index >= 15 is 0 Å². The molecule has 12 nitrogen and oxygen atoms in total. The van der Waals surface area contributed by atoms with Gasteiger partial charge in [-0.15, -0.1) is 0 Å². The lowest BCUT2D eigenvalue weighted by atomic mass is 9.80. The molecular weight excluding hydrogens is 706 g/mol. The highest BCUT2D eigenvalue weighted by molar-refractivity contribution is 5.47. The van der Waals surface area contributed by atoms with Gasteiger partial charge in [0.05, 0.1) is 139 Å². The second kappa shape index (κ2) is 32.3. The highest BCUT2D eigenvalue weighted by Crippen LogP contribution is 2.40. The zero-order valence-corrected chi connectivity index (χ0v) is 33.2. The molecule has 0 saturated carbocycles. The fourth-order valence-corrected chi connectivity index (χ4v) is 5.35. The summed E-state index contributed by atoms with van der Waals surface area (Å²) in [5, 5.41) is 0. The van der Waals surface area contributed by atoms with Crippen LogP contribution in [0.3, 0.4) is 0 Å². The van der Waals surface area contributed by atoms with Crippen molar-refractivity contribution in [2.24, 2.45) is 0 Å². The lowest BCUT2D eigenvalue weighted by Gasteiger charge is -2.36. The molecule has 0 unspecified atom stereocenters. The monoisotopic (exact) mass is 771 g/mol. The molecule has 0 N–H and O–H groups in total. The van der Waals surface area contributed by atoms with Crippen molar-refractivity contribution in [3.05, 3.63) is 108 Å². The Bertz CT molecular complexity index is 1160. The van der Waals surface area contributed by atoms with Gasteiger partial charge in [-0.05, 0) is 30.8 Å². The van der Waals surface area contributed by atoms with Crippen LogP contribution >= 0.6 is 0 Å². The number of likely N-dealkylation sites (N-methyl/N-ethyl adjacent to an activating group) is 1. The molecule has 0 aliphatic rings. The van der Waals surface area contributed by atoms with Crippen LogP contribution in [0.5, 0.6) is 0 Å². The van der Waals surface area contributed by atoms with E-state index in [0.717, 1.165) is 23.2 Å². The number of benzene rings is 3. The van der Waals surface area contributed by atoms with Crippen LogP contribution in [0.1, 0.15) is 16.7 Å². The van der Waals surface area contributed by atoms with Crippen LogP contribution in [-0.4, -0.2) is 164 Å². The molecule has 3 rings (SSSR count). The zero-order chi connectivity index (χ0) is 38.8. The third-order valence-electron chi connectivity index (χ3n) is 8.12. The predicted octanol–water partition coefficient (Wildman–Crippen LogP) is 4.72. The summed E-state index contributed by atoms with van der Waals surface area (Å²) in [5.41, 5.74) is 2.45. The van der Waals surface area contributed by atoms with E-state index in [0.29, 0.717) is 139 Å². The van der Waals surface area contributed by atoms with Gasteiger partial charge in [-0.3, -0.25) is 0 Å². The molecule has 0 amide bonds. The largest absolute Gasteiger partial charge is 0.378 e. The third kappa shape index (κ3) is 21.3. The van der Waals surface area contributed by atoms with Crippen molar-refractivity contribution in [1.29, 1.82) is 0 Å². The molecule has 0 heterocycles. The van der Waals surface area contributed by atoms with E-state index in [4.69, 9.17) is 52.1 Å². The molecule has 55 heavy (non-hydrogen) atoms. The Balaban J connectivity index is 1.05. The Morgan fingerprint density at radius 2 is 0.527 bits per heavy atom. The first-order valence-electron chi connectivity index (χ1n) is 19.5. The predicted molar refractivity (Wildman–Crippen MR) is 212 cm³/mol. The van der Waals surface area contributed by atoms with Gasteiger partial charge in [0.15, 0.2) is 0 Å². The van der Waals surface area contributed by atoms with Gasteiger partial charge in [0.2, 0.25) is 0 Å². The molecule has 0 aromatic heterocycles. The first-order valence-corrected chi connectivity index (χ1v) is 19.5. The summed E-state index contributed by atoms with van der Waals surface area (Å²) in [5.74, 6) is 0. The van der Waals surface area contributed by atoms with E-state index in [1.54, 1.807) is 0 Å². The molecule has 3 aromatic rings. The smallest absolute Gasteiger partial charge is 0.143 e. The molecule has 12 heteroatoms. The minimum Gasteiger partial charge on any atom is -0.378 e. The molecule has 0 saturated heterocycles. The molecule has 0 radical (unpaired) electrons. The second-order valence-corrected chi connectivity index (χ2v) is 12.6. The number of ether oxygens (including phenoxy) is 11. The van der Waals surface area contributed by atoms with Gasteiger partial charge < -0.3 is 57.0 Å². The van der Waals surface area contributed by atoms with Crippen molar-refractivity contribution in [2.45, 2.75) is 5.60 Å². The molecule has 0 bridgehead atoms. The van der Waals surface area contributed by atoms with Gasteiger partial charge in [0, 0.05) is 6.54 Å². The molecular formula is C43H65NO11. The Hall–Kier alpha value is -2.82. The third-order valence-corrected chi connectivity index (χ3v) is 8.12. The van der Waals surface area contributed by atoms with Gasteiger partial charge in [-0.25, -0.2) is 0 Å². The van der Waals surface area contributed by atoms with E-state index in [9.17, 15) is 0 Å². The normalized spacial score (nSPS) is 11.8. The summed E-state index contributed by atoms with van der Waals surface area (Å²) < 4.78 is 62.4. The first kappa shape index (κ1) is 46.6. The molecule has 0 aliphatic carbocycles. The maximum Gasteiger partial charge on any atom is 0.143 e. The van der Waals surface area contributed by atoms with Gasteiger partial charge in [0.1, 0.15) is 5.60 Å². The fourth-order valence-electron chi connectivity index (χ4n) is 5.35. The van der Waals surface area contributed by atoms with Gasteiger partial charge >= 0.3 is 0 Å². The van der Waals surface area contributed by atoms with Crippen LogP contribution in [0.2, 0.25) is 0 Å². The maximum atomic E-state index is 6.73. The topological polar surface area (TPSA) is 105 Å². The standard InChI is InChI=1S/C43H65NO11/c1-44(2)18-19-45-20-21-46-22-23-47-24-25-48-26-27-49-28-29-50-30-31-51-32-33-52-34-35-53-36-37-54-38-39-55-43(40-12-6-3-7-13-40,41-14-8-4-9-15-41)42-16-10-5-11-17-42/h3-17H,18-39H2,1-2H3. The highest BCUT2D eigenvalue weighted by Gasteiger charge is 2.37. The second-order valence-electron chi connectivity index (χ2n) is 12.6. The van der Waals surface area contributed by atoms with Gasteiger partial charge in [0.25, 0.3) is 0 Å². The van der Waals surface area contributed by atoms with Crippen molar-refractivity contribution >= 4 is 0 Å². The summed E-state index contributed by atoms with van der Waals surface area (Å²) in [4.78, 5) is 2.08. The molecule has 308 valence electrons. The van der Waals surface area contributed by atoms with Crippen molar-refractivity contribution < 1.29 is 52.1 Å².